The molecule has 0 aliphatic rings. The highest BCUT2D eigenvalue weighted by molar-refractivity contribution is 5.38. The summed E-state index contributed by atoms with van der Waals surface area (Å²) in [6.45, 7) is 6.79. The van der Waals surface area contributed by atoms with Gasteiger partial charge in [-0.15, -0.1) is 0 Å². The molecule has 0 atom stereocenters. The summed E-state index contributed by atoms with van der Waals surface area (Å²) < 4.78 is 0. The van der Waals surface area contributed by atoms with Crippen molar-refractivity contribution in [3.63, 3.8) is 0 Å². The van der Waals surface area contributed by atoms with Gasteiger partial charge in [0.05, 0.1) is 0 Å². The molecule has 1 rings (SSSR count). The summed E-state index contributed by atoms with van der Waals surface area (Å²) in [5.41, 5.74) is 1.57. The van der Waals surface area contributed by atoms with Gasteiger partial charge in [-0.1, -0.05) is 33.3 Å². The van der Waals surface area contributed by atoms with Crippen LogP contribution in [0.2, 0.25) is 0 Å². The first kappa shape index (κ1) is 12.0. The Bertz CT molecular complexity index is 299. The van der Waals surface area contributed by atoms with E-state index in [-0.39, 0.29) is 5.41 Å². The van der Waals surface area contributed by atoms with Crippen molar-refractivity contribution < 1.29 is 0 Å². The quantitative estimate of drug-likeness (QED) is 0.752. The van der Waals surface area contributed by atoms with E-state index >= 15 is 0 Å². The van der Waals surface area contributed by atoms with Gasteiger partial charge >= 0.3 is 0 Å². The Morgan fingerprint density at radius 2 is 1.93 bits per heavy atom. The summed E-state index contributed by atoms with van der Waals surface area (Å²) in [6.07, 6.45) is 4.42. The Kier molecular flexibility index (Phi) is 3.72. The highest BCUT2D eigenvalue weighted by atomic mass is 15.1. The van der Waals surface area contributed by atoms with E-state index in [1.54, 1.807) is 0 Å². The molecule has 84 valence electrons. The van der Waals surface area contributed by atoms with Crippen LogP contribution in [0.1, 0.15) is 39.2 Å². The second-order valence-corrected chi connectivity index (χ2v) is 4.93. The van der Waals surface area contributed by atoms with Crippen LogP contribution in [-0.2, 0) is 5.41 Å². The van der Waals surface area contributed by atoms with Crippen LogP contribution < -0.4 is 4.90 Å². The monoisotopic (exact) mass is 206 g/mol. The Balaban J connectivity index is 2.88. The first-order chi connectivity index (χ1) is 6.97. The van der Waals surface area contributed by atoms with Crippen molar-refractivity contribution in [1.29, 1.82) is 0 Å². The Hall–Kier alpha value is -1.05. The molecule has 0 fully saturated rings. The molecule has 0 aromatic carbocycles. The summed E-state index contributed by atoms with van der Waals surface area (Å²) in [6, 6.07) is 4.28. The molecule has 0 saturated heterocycles. The lowest BCUT2D eigenvalue weighted by atomic mass is 9.82. The van der Waals surface area contributed by atoms with Crippen LogP contribution in [0, 0.1) is 0 Å². The number of hydrogen-bond donors (Lipinski definition) is 0. The first-order valence-corrected chi connectivity index (χ1v) is 5.61. The number of anilines is 1. The van der Waals surface area contributed by atoms with E-state index in [4.69, 9.17) is 0 Å². The van der Waals surface area contributed by atoms with Gasteiger partial charge in [0.1, 0.15) is 5.82 Å². The second kappa shape index (κ2) is 4.65. The fraction of sp³-hybridized carbons (Fsp3) is 0.615. The van der Waals surface area contributed by atoms with Gasteiger partial charge in [-0.2, -0.15) is 0 Å². The summed E-state index contributed by atoms with van der Waals surface area (Å²) in [7, 11) is 4.03. The molecule has 0 aliphatic carbocycles. The number of aromatic nitrogens is 1. The van der Waals surface area contributed by atoms with Gasteiger partial charge in [0.25, 0.3) is 0 Å². The lowest BCUT2D eigenvalue weighted by Crippen LogP contribution is -2.18. The molecule has 0 bridgehead atoms. The van der Waals surface area contributed by atoms with Crippen LogP contribution >= 0.6 is 0 Å². The molecule has 0 spiro atoms. The first-order valence-electron chi connectivity index (χ1n) is 5.61. The third-order valence-corrected chi connectivity index (χ3v) is 2.86. The highest BCUT2D eigenvalue weighted by Gasteiger charge is 2.19. The molecule has 1 aromatic rings. The molecule has 0 amide bonds. The number of pyridine rings is 1. The van der Waals surface area contributed by atoms with Crippen LogP contribution in [0.4, 0.5) is 5.82 Å². The van der Waals surface area contributed by atoms with E-state index in [0.29, 0.717) is 0 Å². The predicted octanol–water partition coefficient (Wildman–Crippen LogP) is 3.23. The molecule has 1 aromatic heterocycles. The van der Waals surface area contributed by atoms with E-state index in [1.807, 2.05) is 25.2 Å². The minimum Gasteiger partial charge on any atom is -0.363 e. The zero-order valence-electron chi connectivity index (χ0n) is 10.5. The topological polar surface area (TPSA) is 16.1 Å². The lowest BCUT2D eigenvalue weighted by molar-refractivity contribution is 0.471. The molecule has 1 heterocycles. The van der Waals surface area contributed by atoms with Crippen molar-refractivity contribution in [3.8, 4) is 0 Å². The smallest absolute Gasteiger partial charge is 0.127 e. The van der Waals surface area contributed by atoms with E-state index in [2.05, 4.69) is 37.9 Å². The molecule has 0 N–H and O–H groups in total. The minimum absolute atomic E-state index is 0.243. The Morgan fingerprint density at radius 1 is 1.27 bits per heavy atom. The molecule has 0 aliphatic heterocycles. The molecule has 0 saturated carbocycles. The molecule has 0 radical (unpaired) electrons. The van der Waals surface area contributed by atoms with Crippen molar-refractivity contribution in [2.24, 2.45) is 0 Å². The zero-order chi connectivity index (χ0) is 11.5. The van der Waals surface area contributed by atoms with Crippen molar-refractivity contribution >= 4 is 5.82 Å². The van der Waals surface area contributed by atoms with E-state index in [0.717, 1.165) is 5.82 Å². The summed E-state index contributed by atoms with van der Waals surface area (Å²) in [4.78, 5) is 6.48. The average Bonchev–Trinajstić information content (AvgIpc) is 2.18. The van der Waals surface area contributed by atoms with Gasteiger partial charge in [0.2, 0.25) is 0 Å². The normalized spacial score (nSPS) is 11.5. The molecule has 2 heteroatoms. The van der Waals surface area contributed by atoms with Gasteiger partial charge in [0, 0.05) is 20.3 Å². The van der Waals surface area contributed by atoms with Crippen molar-refractivity contribution in [2.45, 2.75) is 39.0 Å². The maximum atomic E-state index is 4.45. The van der Waals surface area contributed by atoms with Gasteiger partial charge in [-0.25, -0.2) is 4.98 Å². The van der Waals surface area contributed by atoms with Crippen LogP contribution in [0.25, 0.3) is 0 Å². The molecular weight excluding hydrogens is 184 g/mol. The average molecular weight is 206 g/mol. The lowest BCUT2D eigenvalue weighted by Gasteiger charge is -2.24. The van der Waals surface area contributed by atoms with Gasteiger partial charge in [-0.05, 0) is 23.5 Å². The molecule has 0 unspecified atom stereocenters. The summed E-state index contributed by atoms with van der Waals surface area (Å²) in [5, 5.41) is 0. The third kappa shape index (κ3) is 2.95. The fourth-order valence-corrected chi connectivity index (χ4v) is 1.82. The molecule has 2 nitrogen and oxygen atoms in total. The predicted molar refractivity (Wildman–Crippen MR) is 66.5 cm³/mol. The maximum Gasteiger partial charge on any atom is 0.127 e. The Morgan fingerprint density at radius 3 is 2.33 bits per heavy atom. The van der Waals surface area contributed by atoms with Gasteiger partial charge in [0.15, 0.2) is 0 Å². The van der Waals surface area contributed by atoms with E-state index < -0.39 is 0 Å². The zero-order valence-corrected chi connectivity index (χ0v) is 10.5. The van der Waals surface area contributed by atoms with Crippen molar-refractivity contribution in [3.05, 3.63) is 23.9 Å². The molecular formula is C13H22N2. The van der Waals surface area contributed by atoms with Crippen molar-refractivity contribution in [2.75, 3.05) is 19.0 Å². The SMILES string of the molecule is CCCC(C)(C)c1ccc(N(C)C)nc1. The van der Waals surface area contributed by atoms with Crippen LogP contribution in [0.15, 0.2) is 18.3 Å². The van der Waals surface area contributed by atoms with Crippen LogP contribution in [0.3, 0.4) is 0 Å². The number of rotatable bonds is 4. The van der Waals surface area contributed by atoms with Gasteiger partial charge in [-0.3, -0.25) is 0 Å². The van der Waals surface area contributed by atoms with Crippen LogP contribution in [-0.4, -0.2) is 19.1 Å². The fourth-order valence-electron chi connectivity index (χ4n) is 1.82. The summed E-state index contributed by atoms with van der Waals surface area (Å²) in [5.74, 6) is 1.02. The Labute approximate surface area is 93.3 Å². The number of nitrogens with zero attached hydrogens (tertiary/aromatic N) is 2. The largest absolute Gasteiger partial charge is 0.363 e. The summed E-state index contributed by atoms with van der Waals surface area (Å²) >= 11 is 0. The van der Waals surface area contributed by atoms with Gasteiger partial charge < -0.3 is 4.90 Å². The van der Waals surface area contributed by atoms with Crippen LogP contribution in [0.5, 0.6) is 0 Å². The third-order valence-electron chi connectivity index (χ3n) is 2.86. The minimum atomic E-state index is 0.243. The van der Waals surface area contributed by atoms with E-state index in [9.17, 15) is 0 Å². The van der Waals surface area contributed by atoms with Crippen molar-refractivity contribution in [1.82, 2.24) is 4.98 Å². The van der Waals surface area contributed by atoms with E-state index in [1.165, 1.54) is 18.4 Å². The highest BCUT2D eigenvalue weighted by Crippen LogP contribution is 2.28. The number of hydrogen-bond acceptors (Lipinski definition) is 2. The standard InChI is InChI=1S/C13H22N2/c1-6-9-13(2,3)11-7-8-12(14-10-11)15(4)5/h7-8,10H,6,9H2,1-5H3. The molecule has 15 heavy (non-hydrogen) atoms. The second-order valence-electron chi connectivity index (χ2n) is 4.93. The maximum absolute atomic E-state index is 4.45.